The van der Waals surface area contributed by atoms with Gasteiger partial charge in [-0.05, 0) is 17.7 Å². The second-order valence-corrected chi connectivity index (χ2v) is 4.58. The Bertz CT molecular complexity index is 448. The third kappa shape index (κ3) is 6.07. The van der Waals surface area contributed by atoms with Gasteiger partial charge in [0.2, 0.25) is 0 Å². The lowest BCUT2D eigenvalue weighted by atomic mass is 10.2. The predicted octanol–water partition coefficient (Wildman–Crippen LogP) is 2.60. The van der Waals surface area contributed by atoms with E-state index in [4.69, 9.17) is 27.9 Å². The van der Waals surface area contributed by atoms with Gasteiger partial charge in [0.1, 0.15) is 12.7 Å². The van der Waals surface area contributed by atoms with Crippen LogP contribution >= 0.6 is 23.2 Å². The summed E-state index contributed by atoms with van der Waals surface area (Å²) in [4.78, 5) is 10.8. The lowest BCUT2D eigenvalue weighted by Crippen LogP contribution is -2.23. The summed E-state index contributed by atoms with van der Waals surface area (Å²) < 4.78 is 9.94. The van der Waals surface area contributed by atoms with Crippen LogP contribution in [0.4, 0.5) is 0 Å². The number of rotatable bonds is 7. The van der Waals surface area contributed by atoms with E-state index in [0.29, 0.717) is 10.0 Å². The quantitative estimate of drug-likeness (QED) is 0.621. The van der Waals surface area contributed by atoms with Crippen molar-refractivity contribution in [3.05, 3.63) is 46.5 Å². The molecule has 0 heterocycles. The molecule has 0 bridgehead atoms. The highest BCUT2D eigenvalue weighted by Gasteiger charge is 2.08. The Morgan fingerprint density at radius 3 is 2.79 bits per heavy atom. The number of hydrogen-bond acceptors (Lipinski definition) is 4. The van der Waals surface area contributed by atoms with Crippen molar-refractivity contribution in [2.45, 2.75) is 12.7 Å². The Hall–Kier alpha value is -1.07. The highest BCUT2D eigenvalue weighted by atomic mass is 35.5. The van der Waals surface area contributed by atoms with Crippen molar-refractivity contribution in [3.63, 3.8) is 0 Å². The zero-order valence-corrected chi connectivity index (χ0v) is 11.7. The van der Waals surface area contributed by atoms with Crippen LogP contribution in [0.3, 0.4) is 0 Å². The summed E-state index contributed by atoms with van der Waals surface area (Å²) in [6, 6.07) is 5.06. The average molecular weight is 305 g/mol. The van der Waals surface area contributed by atoms with Crippen molar-refractivity contribution < 1.29 is 19.4 Å². The van der Waals surface area contributed by atoms with Gasteiger partial charge in [-0.1, -0.05) is 35.8 Å². The highest BCUT2D eigenvalue weighted by Crippen LogP contribution is 2.21. The van der Waals surface area contributed by atoms with Crippen molar-refractivity contribution >= 4 is 29.2 Å². The third-order valence-electron chi connectivity index (χ3n) is 2.17. The number of esters is 1. The van der Waals surface area contributed by atoms with Crippen LogP contribution in [0.2, 0.25) is 10.0 Å². The van der Waals surface area contributed by atoms with Gasteiger partial charge in [-0.2, -0.15) is 0 Å². The van der Waals surface area contributed by atoms with Gasteiger partial charge in [-0.25, -0.2) is 4.79 Å². The molecule has 1 atom stereocenters. The van der Waals surface area contributed by atoms with Gasteiger partial charge in [0.25, 0.3) is 0 Å². The molecule has 1 unspecified atom stereocenters. The van der Waals surface area contributed by atoms with Gasteiger partial charge in [0.15, 0.2) is 0 Å². The molecule has 1 rings (SSSR count). The van der Waals surface area contributed by atoms with Crippen molar-refractivity contribution in [2.24, 2.45) is 0 Å². The molecule has 0 aliphatic rings. The van der Waals surface area contributed by atoms with E-state index in [1.54, 1.807) is 18.2 Å². The van der Waals surface area contributed by atoms with Crippen LogP contribution in [0.25, 0.3) is 0 Å². The van der Waals surface area contributed by atoms with Crippen LogP contribution in [0, 0.1) is 0 Å². The lowest BCUT2D eigenvalue weighted by Gasteiger charge is -2.11. The lowest BCUT2D eigenvalue weighted by molar-refractivity contribution is -0.141. The maximum atomic E-state index is 10.8. The molecule has 6 heteroatoms. The van der Waals surface area contributed by atoms with Gasteiger partial charge >= 0.3 is 5.97 Å². The number of aliphatic hydroxyl groups is 1. The van der Waals surface area contributed by atoms with Gasteiger partial charge in [0.05, 0.1) is 13.2 Å². The molecule has 0 amide bonds. The molecule has 0 aliphatic heterocycles. The smallest absolute Gasteiger partial charge is 0.330 e. The number of carbonyl (C=O) groups is 1. The first-order valence-electron chi connectivity index (χ1n) is 5.52. The van der Waals surface area contributed by atoms with E-state index >= 15 is 0 Å². The summed E-state index contributed by atoms with van der Waals surface area (Å²) in [6.07, 6.45) is 0.135. The number of hydrogen-bond donors (Lipinski definition) is 1. The number of carbonyl (C=O) groups excluding carboxylic acids is 1. The van der Waals surface area contributed by atoms with Gasteiger partial charge in [0, 0.05) is 16.1 Å². The number of aliphatic hydroxyl groups excluding tert-OH is 1. The number of ether oxygens (including phenoxy) is 2. The second kappa shape index (κ2) is 8.17. The topological polar surface area (TPSA) is 55.8 Å². The van der Waals surface area contributed by atoms with Gasteiger partial charge in [-0.3, -0.25) is 0 Å². The maximum Gasteiger partial charge on any atom is 0.330 e. The molecule has 104 valence electrons. The Morgan fingerprint density at radius 2 is 2.16 bits per heavy atom. The summed E-state index contributed by atoms with van der Waals surface area (Å²) in [7, 11) is 0. The Morgan fingerprint density at radius 1 is 1.42 bits per heavy atom. The van der Waals surface area contributed by atoms with Crippen LogP contribution in [0.15, 0.2) is 30.9 Å². The standard InChI is InChI=1S/C13H14Cl2O4/c1-2-13(17)19-8-11(16)7-18-6-9-3-4-10(14)5-12(9)15/h2-5,11,16H,1,6-8H2. The van der Waals surface area contributed by atoms with E-state index in [0.717, 1.165) is 11.6 Å². The fraction of sp³-hybridized carbons (Fsp3) is 0.308. The molecule has 0 aliphatic carbocycles. The van der Waals surface area contributed by atoms with E-state index in [1.807, 2.05) is 0 Å². The summed E-state index contributed by atoms with van der Waals surface area (Å²) in [5, 5.41) is 10.5. The molecule has 19 heavy (non-hydrogen) atoms. The first kappa shape index (κ1) is 16.0. The summed E-state index contributed by atoms with van der Waals surface area (Å²) in [5.41, 5.74) is 0.765. The van der Waals surface area contributed by atoms with E-state index in [-0.39, 0.29) is 19.8 Å². The first-order chi connectivity index (χ1) is 9.02. The molecule has 1 aromatic carbocycles. The minimum Gasteiger partial charge on any atom is -0.460 e. The van der Waals surface area contributed by atoms with Gasteiger partial charge in [-0.15, -0.1) is 0 Å². The van der Waals surface area contributed by atoms with E-state index < -0.39 is 12.1 Å². The van der Waals surface area contributed by atoms with Crippen molar-refractivity contribution in [1.29, 1.82) is 0 Å². The normalized spacial score (nSPS) is 11.9. The maximum absolute atomic E-state index is 10.8. The molecule has 4 nitrogen and oxygen atoms in total. The van der Waals surface area contributed by atoms with Crippen LogP contribution in [0.5, 0.6) is 0 Å². The average Bonchev–Trinajstić information content (AvgIpc) is 2.38. The molecule has 0 saturated heterocycles. The molecule has 0 fully saturated rings. The third-order valence-corrected chi connectivity index (χ3v) is 2.75. The van der Waals surface area contributed by atoms with Crippen LogP contribution < -0.4 is 0 Å². The zero-order chi connectivity index (χ0) is 14.3. The number of benzene rings is 1. The molecular formula is C13H14Cl2O4. The molecule has 0 radical (unpaired) electrons. The molecule has 0 aromatic heterocycles. The summed E-state index contributed by atoms with van der Waals surface area (Å²) in [6.45, 7) is 3.37. The van der Waals surface area contributed by atoms with Crippen LogP contribution in [-0.2, 0) is 20.9 Å². The Balaban J connectivity index is 2.29. The molecule has 0 spiro atoms. The molecule has 1 aromatic rings. The molecule has 1 N–H and O–H groups in total. The largest absolute Gasteiger partial charge is 0.460 e. The van der Waals surface area contributed by atoms with Crippen molar-refractivity contribution in [2.75, 3.05) is 13.2 Å². The highest BCUT2D eigenvalue weighted by molar-refractivity contribution is 6.35. The predicted molar refractivity (Wildman–Crippen MR) is 73.3 cm³/mol. The summed E-state index contributed by atoms with van der Waals surface area (Å²) >= 11 is 11.7. The van der Waals surface area contributed by atoms with E-state index in [1.165, 1.54) is 0 Å². The first-order valence-corrected chi connectivity index (χ1v) is 6.27. The van der Waals surface area contributed by atoms with Gasteiger partial charge < -0.3 is 14.6 Å². The molecular weight excluding hydrogens is 291 g/mol. The zero-order valence-electron chi connectivity index (χ0n) is 10.1. The Kier molecular flexibility index (Phi) is 6.87. The monoisotopic (exact) mass is 304 g/mol. The van der Waals surface area contributed by atoms with Crippen LogP contribution in [-0.4, -0.2) is 30.4 Å². The molecule has 0 saturated carbocycles. The van der Waals surface area contributed by atoms with Crippen molar-refractivity contribution in [1.82, 2.24) is 0 Å². The van der Waals surface area contributed by atoms with Crippen molar-refractivity contribution in [3.8, 4) is 0 Å². The second-order valence-electron chi connectivity index (χ2n) is 3.74. The fourth-order valence-corrected chi connectivity index (χ4v) is 1.69. The van der Waals surface area contributed by atoms with Crippen LogP contribution in [0.1, 0.15) is 5.56 Å². The van der Waals surface area contributed by atoms with E-state index in [2.05, 4.69) is 11.3 Å². The Labute approximate surface area is 121 Å². The summed E-state index contributed by atoms with van der Waals surface area (Å²) in [5.74, 6) is -0.584. The fourth-order valence-electron chi connectivity index (χ4n) is 1.23. The number of halogens is 2. The SMILES string of the molecule is C=CC(=O)OCC(O)COCc1ccc(Cl)cc1Cl. The minimum atomic E-state index is -0.894. The minimum absolute atomic E-state index is 0.0311. The van der Waals surface area contributed by atoms with E-state index in [9.17, 15) is 9.90 Å².